The summed E-state index contributed by atoms with van der Waals surface area (Å²) in [7, 11) is 0. The van der Waals surface area contributed by atoms with Crippen molar-refractivity contribution in [2.75, 3.05) is 0 Å². The summed E-state index contributed by atoms with van der Waals surface area (Å²) in [5, 5.41) is 1.01. The van der Waals surface area contributed by atoms with Crippen LogP contribution < -0.4 is 5.73 Å². The number of hydrogen-bond donors (Lipinski definition) is 2. The van der Waals surface area contributed by atoms with E-state index in [1.54, 1.807) is 18.6 Å². The molecule has 2 rings (SSSR count). The zero-order valence-corrected chi connectivity index (χ0v) is 6.95. The highest BCUT2D eigenvalue weighted by molar-refractivity contribution is 5.87. The van der Waals surface area contributed by atoms with Crippen LogP contribution in [0.15, 0.2) is 24.7 Å². The fraction of sp³-hybridized carbons (Fsp3) is 0.111. The summed E-state index contributed by atoms with van der Waals surface area (Å²) in [6.07, 6.45) is 5.47. The number of nitrogens with one attached hydrogen (secondary N) is 1. The summed E-state index contributed by atoms with van der Waals surface area (Å²) in [6, 6.07) is 1.87. The van der Waals surface area contributed by atoms with Gasteiger partial charge in [-0.15, -0.1) is 0 Å². The lowest BCUT2D eigenvalue weighted by Gasteiger charge is -1.93. The van der Waals surface area contributed by atoms with Gasteiger partial charge >= 0.3 is 0 Å². The Labute approximate surface area is 74.8 Å². The normalized spacial score (nSPS) is 10.5. The van der Waals surface area contributed by atoms with Crippen molar-refractivity contribution >= 4 is 16.8 Å². The maximum Gasteiger partial charge on any atom is 0.221 e. The van der Waals surface area contributed by atoms with Crippen LogP contribution in [0.2, 0.25) is 0 Å². The zero-order chi connectivity index (χ0) is 9.26. The summed E-state index contributed by atoms with van der Waals surface area (Å²) in [4.78, 5) is 17.7. The van der Waals surface area contributed by atoms with E-state index in [0.29, 0.717) is 0 Å². The number of nitrogens with zero attached hydrogens (tertiary/aromatic N) is 1. The van der Waals surface area contributed by atoms with Crippen LogP contribution >= 0.6 is 0 Å². The van der Waals surface area contributed by atoms with Crippen molar-refractivity contribution in [3.05, 3.63) is 30.2 Å². The Bertz CT molecular complexity index is 447. The minimum atomic E-state index is -0.322. The van der Waals surface area contributed by atoms with Crippen molar-refractivity contribution in [3.8, 4) is 0 Å². The quantitative estimate of drug-likeness (QED) is 0.701. The molecule has 4 nitrogen and oxygen atoms in total. The van der Waals surface area contributed by atoms with Gasteiger partial charge in [-0.25, -0.2) is 0 Å². The number of carbonyl (C=O) groups is 1. The Morgan fingerprint density at radius 3 is 3.23 bits per heavy atom. The molecule has 66 valence electrons. The number of rotatable bonds is 2. The number of nitrogens with two attached hydrogens (primary N) is 1. The van der Waals surface area contributed by atoms with Gasteiger partial charge in [-0.2, -0.15) is 0 Å². The minimum absolute atomic E-state index is 0.268. The highest BCUT2D eigenvalue weighted by atomic mass is 16.1. The van der Waals surface area contributed by atoms with Gasteiger partial charge in [-0.1, -0.05) is 0 Å². The fourth-order valence-corrected chi connectivity index (χ4v) is 1.37. The molecule has 4 heteroatoms. The Morgan fingerprint density at radius 1 is 1.62 bits per heavy atom. The summed E-state index contributed by atoms with van der Waals surface area (Å²) >= 11 is 0. The van der Waals surface area contributed by atoms with Crippen molar-refractivity contribution in [2.24, 2.45) is 5.73 Å². The molecular weight excluding hydrogens is 166 g/mol. The number of amides is 1. The molecule has 2 aromatic heterocycles. The molecule has 0 spiro atoms. The molecule has 2 aromatic rings. The predicted octanol–water partition coefficient (Wildman–Crippen LogP) is 0.591. The van der Waals surface area contributed by atoms with Crippen molar-refractivity contribution in [3.63, 3.8) is 0 Å². The van der Waals surface area contributed by atoms with Crippen LogP contribution in [0.3, 0.4) is 0 Å². The van der Waals surface area contributed by atoms with Crippen LogP contribution in [0.1, 0.15) is 5.56 Å². The summed E-state index contributed by atoms with van der Waals surface area (Å²) in [5.41, 5.74) is 6.96. The van der Waals surface area contributed by atoms with E-state index < -0.39 is 0 Å². The molecule has 0 aromatic carbocycles. The van der Waals surface area contributed by atoms with Gasteiger partial charge in [0.15, 0.2) is 0 Å². The Morgan fingerprint density at radius 2 is 2.46 bits per heavy atom. The van der Waals surface area contributed by atoms with E-state index in [-0.39, 0.29) is 12.3 Å². The summed E-state index contributed by atoms with van der Waals surface area (Å²) in [5.74, 6) is -0.322. The average molecular weight is 175 g/mol. The van der Waals surface area contributed by atoms with E-state index in [1.165, 1.54) is 0 Å². The van der Waals surface area contributed by atoms with E-state index in [0.717, 1.165) is 16.5 Å². The fourth-order valence-electron chi connectivity index (χ4n) is 1.37. The van der Waals surface area contributed by atoms with Gasteiger partial charge in [0.25, 0.3) is 0 Å². The van der Waals surface area contributed by atoms with Gasteiger partial charge < -0.3 is 10.7 Å². The number of carbonyl (C=O) groups excluding carboxylic acids is 1. The molecule has 13 heavy (non-hydrogen) atoms. The van der Waals surface area contributed by atoms with Crippen LogP contribution in [0, 0.1) is 0 Å². The van der Waals surface area contributed by atoms with Crippen molar-refractivity contribution < 1.29 is 4.79 Å². The SMILES string of the molecule is NC(=O)Cc1c[nH]c2cnccc12. The second-order valence-corrected chi connectivity index (χ2v) is 2.88. The molecule has 0 radical (unpaired) electrons. The smallest absolute Gasteiger partial charge is 0.221 e. The third-order valence-corrected chi connectivity index (χ3v) is 1.93. The number of hydrogen-bond acceptors (Lipinski definition) is 2. The second-order valence-electron chi connectivity index (χ2n) is 2.88. The van der Waals surface area contributed by atoms with Crippen LogP contribution in [0.25, 0.3) is 10.9 Å². The van der Waals surface area contributed by atoms with Crippen LogP contribution in [-0.4, -0.2) is 15.9 Å². The van der Waals surface area contributed by atoms with E-state index in [2.05, 4.69) is 9.97 Å². The Balaban J connectivity index is 2.51. The maximum atomic E-state index is 10.7. The molecule has 2 heterocycles. The molecule has 0 saturated carbocycles. The molecule has 0 aliphatic rings. The molecule has 0 atom stereocenters. The largest absolute Gasteiger partial charge is 0.369 e. The van der Waals surface area contributed by atoms with Gasteiger partial charge in [0.2, 0.25) is 5.91 Å². The van der Waals surface area contributed by atoms with E-state index in [9.17, 15) is 4.79 Å². The molecular formula is C9H9N3O. The van der Waals surface area contributed by atoms with Crippen molar-refractivity contribution in [1.82, 2.24) is 9.97 Å². The van der Waals surface area contributed by atoms with Crippen molar-refractivity contribution in [2.45, 2.75) is 6.42 Å². The van der Waals surface area contributed by atoms with Crippen molar-refractivity contribution in [1.29, 1.82) is 0 Å². The first-order valence-corrected chi connectivity index (χ1v) is 3.95. The van der Waals surface area contributed by atoms with Gasteiger partial charge in [0, 0.05) is 17.8 Å². The number of aromatic nitrogens is 2. The molecule has 0 unspecified atom stereocenters. The Hall–Kier alpha value is -1.84. The first-order chi connectivity index (χ1) is 6.27. The summed E-state index contributed by atoms with van der Waals surface area (Å²) in [6.45, 7) is 0. The monoisotopic (exact) mass is 175 g/mol. The minimum Gasteiger partial charge on any atom is -0.369 e. The van der Waals surface area contributed by atoms with E-state index in [1.807, 2.05) is 6.07 Å². The number of fused-ring (bicyclic) bond motifs is 1. The number of pyridine rings is 1. The third kappa shape index (κ3) is 1.38. The maximum absolute atomic E-state index is 10.7. The lowest BCUT2D eigenvalue weighted by atomic mass is 10.1. The molecule has 0 fully saturated rings. The third-order valence-electron chi connectivity index (χ3n) is 1.93. The lowest BCUT2D eigenvalue weighted by molar-refractivity contribution is -0.117. The van der Waals surface area contributed by atoms with E-state index >= 15 is 0 Å². The first-order valence-electron chi connectivity index (χ1n) is 3.95. The molecule has 0 bridgehead atoms. The van der Waals surface area contributed by atoms with Crippen LogP contribution in [-0.2, 0) is 11.2 Å². The highest BCUT2D eigenvalue weighted by Gasteiger charge is 2.04. The van der Waals surface area contributed by atoms with Gasteiger partial charge in [0.1, 0.15) is 0 Å². The molecule has 0 aliphatic heterocycles. The molecule has 3 N–H and O–H groups in total. The second kappa shape index (κ2) is 2.90. The average Bonchev–Trinajstić information content (AvgIpc) is 2.48. The van der Waals surface area contributed by atoms with Crippen LogP contribution in [0.4, 0.5) is 0 Å². The number of aromatic amines is 1. The zero-order valence-electron chi connectivity index (χ0n) is 6.95. The molecule has 0 saturated heterocycles. The summed E-state index contributed by atoms with van der Waals surface area (Å²) < 4.78 is 0. The molecule has 0 aliphatic carbocycles. The number of primary amides is 1. The van der Waals surface area contributed by atoms with Gasteiger partial charge in [-0.05, 0) is 11.6 Å². The van der Waals surface area contributed by atoms with Gasteiger partial charge in [0.05, 0.1) is 18.1 Å². The topological polar surface area (TPSA) is 71.8 Å². The Kier molecular flexibility index (Phi) is 1.73. The van der Waals surface area contributed by atoms with Crippen LogP contribution in [0.5, 0.6) is 0 Å². The highest BCUT2D eigenvalue weighted by Crippen LogP contribution is 2.16. The lowest BCUT2D eigenvalue weighted by Crippen LogP contribution is -2.13. The first kappa shape index (κ1) is 7.79. The number of H-pyrrole nitrogens is 1. The standard InChI is InChI=1S/C9H9N3O/c10-9(13)3-6-4-12-8-5-11-2-1-7(6)8/h1-2,4-5,12H,3H2,(H2,10,13). The molecule has 1 amide bonds. The van der Waals surface area contributed by atoms with E-state index in [4.69, 9.17) is 5.73 Å². The van der Waals surface area contributed by atoms with Gasteiger partial charge in [-0.3, -0.25) is 9.78 Å². The predicted molar refractivity (Wildman–Crippen MR) is 49.0 cm³/mol.